The normalized spacial score (nSPS) is 25.0. The number of nitrogens with zero attached hydrogens (tertiary/aromatic N) is 1. The largest absolute Gasteiger partial charge is 0.591 e. The first kappa shape index (κ1) is 11.6. The molecule has 0 radical (unpaired) electrons. The molecule has 3 nitrogen and oxygen atoms in total. The van der Waals surface area contributed by atoms with E-state index in [9.17, 15) is 4.55 Å². The fourth-order valence-electron chi connectivity index (χ4n) is 0.944. The number of rotatable bonds is 2. The van der Waals surface area contributed by atoms with E-state index in [1.165, 1.54) is 0 Å². The molecule has 0 saturated carbocycles. The lowest BCUT2D eigenvalue weighted by Gasteiger charge is -2.19. The van der Waals surface area contributed by atoms with Crippen molar-refractivity contribution in [3.05, 3.63) is 12.3 Å². The molecule has 0 aliphatic carbocycles. The summed E-state index contributed by atoms with van der Waals surface area (Å²) in [6.07, 6.45) is 7.22. The molecule has 0 amide bonds. The Balaban J connectivity index is 2.42. The summed E-state index contributed by atoms with van der Waals surface area (Å²) in [5.41, 5.74) is 0. The minimum atomic E-state index is -1.17. The smallest absolute Gasteiger partial charge is 0.144 e. The summed E-state index contributed by atoms with van der Waals surface area (Å²) in [4.78, 5) is 0. The van der Waals surface area contributed by atoms with E-state index in [0.717, 1.165) is 12.8 Å². The van der Waals surface area contributed by atoms with Gasteiger partial charge in [0, 0.05) is 0 Å². The fraction of sp³-hybridized carbons (Fsp3) is 0.700. The van der Waals surface area contributed by atoms with Crippen LogP contribution >= 0.6 is 0 Å². The summed E-state index contributed by atoms with van der Waals surface area (Å²) in [6.45, 7) is 5.71. The molecular weight excluding hydrogens is 198 g/mol. The molecule has 0 bridgehead atoms. The number of allylic oxidation sites excluding steroid dienone is 1. The molecule has 1 unspecified atom stereocenters. The average molecular weight is 215 g/mol. The highest BCUT2D eigenvalue weighted by atomic mass is 32.2. The standard InChI is InChI=1S/C10H17NO2S/c1-10(2,3)14(12)11-8-9-6-4-5-7-13-9/h5,7-9H,4,6H2,1-3H3/t9?,14-/m1/s1. The third-order valence-corrected chi connectivity index (χ3v) is 3.18. The van der Waals surface area contributed by atoms with Gasteiger partial charge in [-0.25, -0.2) is 0 Å². The third kappa shape index (κ3) is 3.72. The maximum Gasteiger partial charge on any atom is 0.144 e. The van der Waals surface area contributed by atoms with Crippen LogP contribution in [0.15, 0.2) is 16.7 Å². The zero-order chi connectivity index (χ0) is 10.6. The van der Waals surface area contributed by atoms with Crippen LogP contribution in [-0.4, -0.2) is 21.6 Å². The van der Waals surface area contributed by atoms with Crippen molar-refractivity contribution in [2.24, 2.45) is 4.40 Å². The van der Waals surface area contributed by atoms with Crippen LogP contribution in [0.4, 0.5) is 0 Å². The first-order chi connectivity index (χ1) is 6.50. The van der Waals surface area contributed by atoms with E-state index in [-0.39, 0.29) is 10.9 Å². The van der Waals surface area contributed by atoms with Crippen molar-refractivity contribution in [2.75, 3.05) is 0 Å². The molecule has 1 heterocycles. The van der Waals surface area contributed by atoms with Crippen molar-refractivity contribution in [3.63, 3.8) is 0 Å². The van der Waals surface area contributed by atoms with Gasteiger partial charge in [-0.2, -0.15) is 0 Å². The van der Waals surface area contributed by atoms with E-state index < -0.39 is 11.4 Å². The van der Waals surface area contributed by atoms with Crippen LogP contribution in [0.25, 0.3) is 0 Å². The molecule has 0 N–H and O–H groups in total. The molecule has 80 valence electrons. The van der Waals surface area contributed by atoms with Crippen molar-refractivity contribution in [3.8, 4) is 0 Å². The molecule has 14 heavy (non-hydrogen) atoms. The minimum Gasteiger partial charge on any atom is -0.591 e. The van der Waals surface area contributed by atoms with Crippen LogP contribution in [0.1, 0.15) is 33.6 Å². The van der Waals surface area contributed by atoms with Gasteiger partial charge in [0.2, 0.25) is 0 Å². The predicted octanol–water partition coefficient (Wildman–Crippen LogP) is 2.21. The first-order valence-electron chi connectivity index (χ1n) is 4.77. The van der Waals surface area contributed by atoms with Gasteiger partial charge in [-0.1, -0.05) is 4.40 Å². The molecule has 0 aromatic heterocycles. The minimum absolute atomic E-state index is 0.00806. The zero-order valence-corrected chi connectivity index (χ0v) is 9.71. The van der Waals surface area contributed by atoms with Gasteiger partial charge in [-0.3, -0.25) is 0 Å². The Hall–Kier alpha value is -0.480. The van der Waals surface area contributed by atoms with Crippen LogP contribution < -0.4 is 0 Å². The number of ether oxygens (including phenoxy) is 1. The van der Waals surface area contributed by atoms with Crippen molar-refractivity contribution >= 4 is 17.6 Å². The summed E-state index contributed by atoms with van der Waals surface area (Å²) >= 11 is -1.17. The average Bonchev–Trinajstić information content (AvgIpc) is 2.14. The molecule has 0 fully saturated rings. The maximum absolute atomic E-state index is 11.5. The van der Waals surface area contributed by atoms with Gasteiger partial charge >= 0.3 is 0 Å². The van der Waals surface area contributed by atoms with Crippen molar-refractivity contribution in [1.82, 2.24) is 0 Å². The topological polar surface area (TPSA) is 44.7 Å². The van der Waals surface area contributed by atoms with Crippen molar-refractivity contribution in [1.29, 1.82) is 0 Å². The van der Waals surface area contributed by atoms with Gasteiger partial charge in [-0.15, -0.1) is 0 Å². The Morgan fingerprint density at radius 2 is 2.29 bits per heavy atom. The third-order valence-electron chi connectivity index (χ3n) is 1.81. The Morgan fingerprint density at radius 1 is 1.57 bits per heavy atom. The van der Waals surface area contributed by atoms with E-state index in [1.54, 1.807) is 12.5 Å². The lowest BCUT2D eigenvalue weighted by Crippen LogP contribution is -2.27. The zero-order valence-electron chi connectivity index (χ0n) is 8.90. The summed E-state index contributed by atoms with van der Waals surface area (Å²) in [5.74, 6) is 0. The second-order valence-corrected chi connectivity index (χ2v) is 6.17. The van der Waals surface area contributed by atoms with Gasteiger partial charge < -0.3 is 9.29 Å². The van der Waals surface area contributed by atoms with E-state index >= 15 is 0 Å². The lowest BCUT2D eigenvalue weighted by molar-refractivity contribution is 0.185. The Morgan fingerprint density at radius 3 is 2.79 bits per heavy atom. The lowest BCUT2D eigenvalue weighted by atomic mass is 10.2. The van der Waals surface area contributed by atoms with Gasteiger partial charge in [0.15, 0.2) is 0 Å². The highest BCUT2D eigenvalue weighted by Gasteiger charge is 2.26. The molecule has 0 aromatic rings. The predicted molar refractivity (Wildman–Crippen MR) is 59.6 cm³/mol. The molecule has 0 aromatic carbocycles. The quantitative estimate of drug-likeness (QED) is 0.523. The van der Waals surface area contributed by atoms with Crippen molar-refractivity contribution in [2.45, 2.75) is 44.5 Å². The van der Waals surface area contributed by atoms with Crippen LogP contribution in [0.5, 0.6) is 0 Å². The molecular formula is C10H17NO2S. The summed E-state index contributed by atoms with van der Waals surface area (Å²) < 4.78 is 20.5. The van der Waals surface area contributed by atoms with Gasteiger partial charge in [0.25, 0.3) is 0 Å². The molecule has 2 atom stereocenters. The van der Waals surface area contributed by atoms with E-state index in [0.29, 0.717) is 0 Å². The van der Waals surface area contributed by atoms with Crippen LogP contribution in [0, 0.1) is 0 Å². The SMILES string of the molecule is CC(C)(C)[S@@+]([O-])N=CC1CCC=CO1. The summed E-state index contributed by atoms with van der Waals surface area (Å²) in [5, 5.41) is 0. The molecule has 1 rings (SSSR count). The molecule has 0 spiro atoms. The first-order valence-corrected chi connectivity index (χ1v) is 5.87. The highest BCUT2D eigenvalue weighted by molar-refractivity contribution is 7.91. The van der Waals surface area contributed by atoms with Gasteiger partial charge in [-0.05, 0) is 39.7 Å². The second kappa shape index (κ2) is 4.84. The second-order valence-electron chi connectivity index (χ2n) is 4.24. The van der Waals surface area contributed by atoms with Gasteiger partial charge in [0.1, 0.15) is 22.2 Å². The van der Waals surface area contributed by atoms with Crippen molar-refractivity contribution < 1.29 is 9.29 Å². The Kier molecular flexibility index (Phi) is 4.01. The molecule has 0 saturated heterocycles. The van der Waals surface area contributed by atoms with E-state index in [4.69, 9.17) is 4.74 Å². The highest BCUT2D eigenvalue weighted by Crippen LogP contribution is 2.17. The van der Waals surface area contributed by atoms with Crippen LogP contribution in [0.3, 0.4) is 0 Å². The summed E-state index contributed by atoms with van der Waals surface area (Å²) in [6, 6.07) is 0. The summed E-state index contributed by atoms with van der Waals surface area (Å²) in [7, 11) is 0. The van der Waals surface area contributed by atoms with Gasteiger partial charge in [0.05, 0.1) is 12.5 Å². The molecule has 4 heteroatoms. The van der Waals surface area contributed by atoms with Crippen LogP contribution in [0.2, 0.25) is 0 Å². The number of hydrogen-bond donors (Lipinski definition) is 0. The molecule has 1 aliphatic rings. The monoisotopic (exact) mass is 215 g/mol. The maximum atomic E-state index is 11.5. The fourth-order valence-corrected chi connectivity index (χ4v) is 1.51. The number of hydrogen-bond acceptors (Lipinski definition) is 3. The van der Waals surface area contributed by atoms with E-state index in [1.807, 2.05) is 26.8 Å². The van der Waals surface area contributed by atoms with E-state index in [2.05, 4.69) is 4.40 Å². The molecule has 1 aliphatic heterocycles. The Bertz CT molecular complexity index is 233. The van der Waals surface area contributed by atoms with Crippen LogP contribution in [-0.2, 0) is 16.1 Å². The Labute approximate surface area is 88.6 Å².